The zero-order valence-electron chi connectivity index (χ0n) is 24.9. The molecule has 0 bridgehead atoms. The number of hydrogen-bond acceptors (Lipinski definition) is 10. The molecule has 13 heteroatoms. The molecular weight excluding hydrogens is 568 g/mol. The Labute approximate surface area is 254 Å². The molecule has 3 aliphatic heterocycles. The van der Waals surface area contributed by atoms with Crippen molar-refractivity contribution < 1.29 is 28.8 Å². The van der Waals surface area contributed by atoms with Crippen LogP contribution in [0.5, 0.6) is 5.75 Å². The third kappa shape index (κ3) is 6.25. The topological polar surface area (TPSA) is 160 Å². The number of aryl methyl sites for hydroxylation is 1. The van der Waals surface area contributed by atoms with Crippen LogP contribution in [-0.4, -0.2) is 86.7 Å². The number of aromatic nitrogens is 3. The first kappa shape index (κ1) is 29.9. The van der Waals surface area contributed by atoms with Crippen molar-refractivity contribution in [3.05, 3.63) is 51.3 Å². The summed E-state index contributed by atoms with van der Waals surface area (Å²) < 4.78 is 13.1. The molecule has 234 valence electrons. The van der Waals surface area contributed by atoms with Crippen LogP contribution in [0.15, 0.2) is 27.5 Å². The number of nitrogens with zero attached hydrogens (tertiary/aromatic N) is 5. The predicted molar refractivity (Wildman–Crippen MR) is 158 cm³/mol. The Balaban J connectivity index is 0.973. The molecule has 13 nitrogen and oxygen atoms in total. The lowest BCUT2D eigenvalue weighted by Crippen LogP contribution is -2.41. The van der Waals surface area contributed by atoms with Crippen LogP contribution in [0.4, 0.5) is 0 Å². The minimum Gasteiger partial charge on any atom is -0.492 e. The Bertz CT molecular complexity index is 1610. The zero-order valence-corrected chi connectivity index (χ0v) is 24.9. The fourth-order valence-corrected chi connectivity index (χ4v) is 6.43. The molecule has 0 radical (unpaired) electrons. The highest BCUT2D eigenvalue weighted by atomic mass is 16.5. The third-order valence-corrected chi connectivity index (χ3v) is 8.93. The van der Waals surface area contributed by atoms with Gasteiger partial charge in [-0.05, 0) is 64.3 Å². The van der Waals surface area contributed by atoms with E-state index in [1.165, 1.54) is 0 Å². The van der Waals surface area contributed by atoms with Crippen molar-refractivity contribution in [2.24, 2.45) is 0 Å². The first-order chi connectivity index (χ1) is 21.3. The number of likely N-dealkylation sites (tertiary alicyclic amines) is 2. The molecule has 2 aromatic heterocycles. The Kier molecular flexibility index (Phi) is 8.76. The van der Waals surface area contributed by atoms with Gasteiger partial charge >= 0.3 is 0 Å². The van der Waals surface area contributed by atoms with Gasteiger partial charge in [0.15, 0.2) is 5.58 Å². The van der Waals surface area contributed by atoms with E-state index in [-0.39, 0.29) is 55.8 Å². The summed E-state index contributed by atoms with van der Waals surface area (Å²) in [4.78, 5) is 56.5. The molecule has 3 amide bonds. The van der Waals surface area contributed by atoms with Gasteiger partial charge in [-0.15, -0.1) is 0 Å². The van der Waals surface area contributed by atoms with E-state index < -0.39 is 12.0 Å². The Hall–Kier alpha value is -4.10. The molecule has 0 saturated carbocycles. The van der Waals surface area contributed by atoms with E-state index in [9.17, 15) is 24.3 Å². The molecule has 2 N–H and O–H groups in total. The summed E-state index contributed by atoms with van der Waals surface area (Å²) in [5, 5.41) is 18.3. The highest BCUT2D eigenvalue weighted by molar-refractivity contribution is 6.04. The predicted octanol–water partition coefficient (Wildman–Crippen LogP) is 1.59. The maximum atomic E-state index is 13.1. The van der Waals surface area contributed by atoms with Crippen LogP contribution in [0.25, 0.3) is 11.0 Å². The lowest BCUT2D eigenvalue weighted by molar-refractivity contribution is -0.142. The van der Waals surface area contributed by atoms with Crippen molar-refractivity contribution in [1.29, 1.82) is 0 Å². The fraction of sp³-hybridized carbons (Fsp3) is 0.548. The number of aliphatic hydroxyl groups excluding tert-OH is 1. The molecular formula is C31H38N6O7. The van der Waals surface area contributed by atoms with Crippen molar-refractivity contribution >= 4 is 28.7 Å². The van der Waals surface area contributed by atoms with E-state index in [2.05, 4.69) is 20.4 Å². The minimum absolute atomic E-state index is 0.0174. The van der Waals surface area contributed by atoms with Gasteiger partial charge in [0.1, 0.15) is 30.8 Å². The molecule has 3 aromatic rings. The maximum Gasteiger partial charge on any atom is 0.257 e. The lowest BCUT2D eigenvalue weighted by atomic mass is 9.91. The van der Waals surface area contributed by atoms with Gasteiger partial charge < -0.3 is 24.6 Å². The van der Waals surface area contributed by atoms with Crippen LogP contribution in [-0.2, 0) is 27.3 Å². The van der Waals surface area contributed by atoms with Crippen LogP contribution in [0, 0.1) is 6.92 Å². The van der Waals surface area contributed by atoms with Gasteiger partial charge in [0.05, 0.1) is 12.2 Å². The molecule has 1 unspecified atom stereocenters. The maximum absolute atomic E-state index is 13.1. The molecule has 0 aliphatic carbocycles. The van der Waals surface area contributed by atoms with Crippen LogP contribution in [0.1, 0.15) is 73.3 Å². The molecule has 0 spiro atoms. The zero-order chi connectivity index (χ0) is 30.8. The molecule has 3 aliphatic rings. The Morgan fingerprint density at radius 1 is 1.11 bits per heavy atom. The monoisotopic (exact) mass is 606 g/mol. The molecule has 44 heavy (non-hydrogen) atoms. The SMILES string of the molecule is Cc1nc2n(c(=O)c1CCN1CCC(c3noc4cc(OCCNC(=O)CN5C(=O)CCC5=O)ccc34)CC1)CCCC2O. The molecule has 2 fully saturated rings. The van der Waals surface area contributed by atoms with Gasteiger partial charge in [-0.25, -0.2) is 4.98 Å². The Morgan fingerprint density at radius 3 is 2.66 bits per heavy atom. The Morgan fingerprint density at radius 2 is 1.89 bits per heavy atom. The first-order valence-electron chi connectivity index (χ1n) is 15.4. The van der Waals surface area contributed by atoms with Crippen LogP contribution >= 0.6 is 0 Å². The number of benzene rings is 1. The number of amides is 3. The summed E-state index contributed by atoms with van der Waals surface area (Å²) in [7, 11) is 0. The number of piperidine rings is 1. The van der Waals surface area contributed by atoms with E-state index in [0.717, 1.165) is 60.4 Å². The number of imide groups is 1. The first-order valence-corrected chi connectivity index (χ1v) is 15.4. The normalized spacial score (nSPS) is 19.5. The highest BCUT2D eigenvalue weighted by Gasteiger charge is 2.30. The van der Waals surface area contributed by atoms with Gasteiger partial charge in [-0.1, -0.05) is 5.16 Å². The minimum atomic E-state index is -0.664. The molecule has 6 rings (SSSR count). The summed E-state index contributed by atoms with van der Waals surface area (Å²) in [6.45, 7) is 5.22. The average Bonchev–Trinajstić information content (AvgIpc) is 3.58. The second kappa shape index (κ2) is 12.9. The van der Waals surface area contributed by atoms with E-state index >= 15 is 0 Å². The second-order valence-corrected chi connectivity index (χ2v) is 11.8. The molecule has 5 heterocycles. The number of hydrogen-bond donors (Lipinski definition) is 2. The smallest absolute Gasteiger partial charge is 0.257 e. The number of carbonyl (C=O) groups is 3. The summed E-state index contributed by atoms with van der Waals surface area (Å²) >= 11 is 0. The van der Waals surface area contributed by atoms with Crippen molar-refractivity contribution in [3.8, 4) is 5.75 Å². The third-order valence-electron chi connectivity index (χ3n) is 8.93. The molecule has 1 aromatic carbocycles. The van der Waals surface area contributed by atoms with Crippen molar-refractivity contribution in [3.63, 3.8) is 0 Å². The van der Waals surface area contributed by atoms with Crippen LogP contribution in [0.3, 0.4) is 0 Å². The quantitative estimate of drug-likeness (QED) is 0.256. The number of nitrogens with one attached hydrogen (secondary N) is 1. The van der Waals surface area contributed by atoms with E-state index in [0.29, 0.717) is 42.2 Å². The highest BCUT2D eigenvalue weighted by Crippen LogP contribution is 2.34. The molecule has 1 atom stereocenters. The van der Waals surface area contributed by atoms with Crippen LogP contribution in [0.2, 0.25) is 0 Å². The lowest BCUT2D eigenvalue weighted by Gasteiger charge is -2.31. The van der Waals surface area contributed by atoms with Gasteiger partial charge in [0, 0.05) is 54.6 Å². The van der Waals surface area contributed by atoms with Gasteiger partial charge in [-0.3, -0.25) is 28.6 Å². The standard InChI is InChI=1S/C31H38N6O7/c1-19-22(31(42)36-12-2-3-24(38)30(36)33-19)10-15-35-13-8-20(9-14-35)29-23-5-4-21(17-25(23)44-34-29)43-16-11-32-26(39)18-37-27(40)6-7-28(37)41/h4-5,17,20,24,38H,2-3,6-16,18H2,1H3,(H,32,39). The van der Waals surface area contributed by atoms with Crippen molar-refractivity contribution in [1.82, 2.24) is 29.8 Å². The summed E-state index contributed by atoms with van der Waals surface area (Å²) in [5.41, 5.74) is 3.01. The summed E-state index contributed by atoms with van der Waals surface area (Å²) in [5.74, 6) is 0.314. The van der Waals surface area contributed by atoms with Gasteiger partial charge in [-0.2, -0.15) is 0 Å². The number of carbonyl (C=O) groups excluding carboxylic acids is 3. The van der Waals surface area contributed by atoms with E-state index in [1.54, 1.807) is 10.6 Å². The van der Waals surface area contributed by atoms with Crippen molar-refractivity contribution in [2.75, 3.05) is 39.3 Å². The van der Waals surface area contributed by atoms with Gasteiger partial charge in [0.25, 0.3) is 5.56 Å². The van der Waals surface area contributed by atoms with Gasteiger partial charge in [0.2, 0.25) is 17.7 Å². The molecule has 2 saturated heterocycles. The number of rotatable bonds is 10. The summed E-state index contributed by atoms with van der Waals surface area (Å²) in [6.07, 6.45) is 3.58. The van der Waals surface area contributed by atoms with Crippen LogP contribution < -0.4 is 15.6 Å². The average molecular weight is 607 g/mol. The van der Waals surface area contributed by atoms with Crippen molar-refractivity contribution in [2.45, 2.75) is 70.4 Å². The largest absolute Gasteiger partial charge is 0.492 e. The number of ether oxygens (including phenoxy) is 1. The summed E-state index contributed by atoms with van der Waals surface area (Å²) in [6, 6.07) is 5.59. The van der Waals surface area contributed by atoms with E-state index in [4.69, 9.17) is 9.26 Å². The second-order valence-electron chi connectivity index (χ2n) is 11.8. The number of fused-ring (bicyclic) bond motifs is 2. The fourth-order valence-electron chi connectivity index (χ4n) is 6.43. The number of aliphatic hydroxyl groups is 1. The van der Waals surface area contributed by atoms with E-state index in [1.807, 2.05) is 19.1 Å².